The number of nitrogens with two attached hydrogens (primary N) is 1. The summed E-state index contributed by atoms with van der Waals surface area (Å²) in [5.41, 5.74) is 5.18. The minimum atomic E-state index is -2.86. The van der Waals surface area contributed by atoms with Gasteiger partial charge in [-0.3, -0.25) is 0 Å². The Hall–Kier alpha value is -0.130. The lowest BCUT2D eigenvalue weighted by atomic mass is 9.96. The molecule has 0 aromatic rings. The van der Waals surface area contributed by atoms with Gasteiger partial charge in [-0.05, 0) is 19.9 Å². The molecule has 72 valence electrons. The molecular weight excluding hydrogens is 176 g/mol. The second-order valence-electron chi connectivity index (χ2n) is 3.43. The largest absolute Gasteiger partial charge is 0.329 e. The van der Waals surface area contributed by atoms with Crippen molar-refractivity contribution in [2.75, 3.05) is 25.1 Å². The minimum Gasteiger partial charge on any atom is -0.329 e. The average molecular weight is 192 g/mol. The van der Waals surface area contributed by atoms with Crippen LogP contribution < -0.4 is 11.1 Å². The molecule has 1 atom stereocenters. The Morgan fingerprint density at radius 1 is 1.58 bits per heavy atom. The molecular formula is C7H16N2O2S. The van der Waals surface area contributed by atoms with E-state index in [0.29, 0.717) is 12.3 Å². The summed E-state index contributed by atoms with van der Waals surface area (Å²) in [6, 6.07) is 0. The number of hydrogen-bond donors (Lipinski definition) is 2. The Labute approximate surface area is 73.4 Å². The van der Waals surface area contributed by atoms with Gasteiger partial charge in [0.15, 0.2) is 9.84 Å². The molecule has 1 rings (SSSR count). The first-order chi connectivity index (χ1) is 5.54. The number of hydrogen-bond acceptors (Lipinski definition) is 4. The zero-order valence-electron chi connectivity index (χ0n) is 7.34. The monoisotopic (exact) mass is 192 g/mol. The first-order valence-electron chi connectivity index (χ1n) is 4.13. The normalized spacial score (nSPS) is 34.8. The molecule has 1 saturated heterocycles. The van der Waals surface area contributed by atoms with E-state index >= 15 is 0 Å². The van der Waals surface area contributed by atoms with Crippen LogP contribution in [-0.4, -0.2) is 39.1 Å². The summed E-state index contributed by atoms with van der Waals surface area (Å²) in [4.78, 5) is 0. The van der Waals surface area contributed by atoms with Crippen molar-refractivity contribution in [1.29, 1.82) is 0 Å². The van der Waals surface area contributed by atoms with Crippen molar-refractivity contribution < 1.29 is 8.42 Å². The minimum absolute atomic E-state index is 0.188. The summed E-state index contributed by atoms with van der Waals surface area (Å²) in [5, 5.41) is 3.02. The molecule has 3 N–H and O–H groups in total. The van der Waals surface area contributed by atoms with E-state index in [9.17, 15) is 8.42 Å². The second-order valence-corrected chi connectivity index (χ2v) is 5.61. The van der Waals surface area contributed by atoms with Crippen molar-refractivity contribution in [3.05, 3.63) is 0 Å². The average Bonchev–Trinajstić information content (AvgIpc) is 2.02. The van der Waals surface area contributed by atoms with Gasteiger partial charge in [-0.1, -0.05) is 0 Å². The van der Waals surface area contributed by atoms with Gasteiger partial charge in [0.05, 0.1) is 11.5 Å². The van der Waals surface area contributed by atoms with Crippen LogP contribution in [0.1, 0.15) is 12.8 Å². The van der Waals surface area contributed by atoms with Crippen LogP contribution in [0.3, 0.4) is 0 Å². The van der Waals surface area contributed by atoms with Gasteiger partial charge >= 0.3 is 0 Å². The van der Waals surface area contributed by atoms with E-state index in [1.165, 1.54) is 0 Å². The lowest BCUT2D eigenvalue weighted by Crippen LogP contribution is -2.56. The Morgan fingerprint density at radius 2 is 2.25 bits per heavy atom. The summed E-state index contributed by atoms with van der Waals surface area (Å²) in [7, 11) is -1.09. The van der Waals surface area contributed by atoms with Gasteiger partial charge in [-0.25, -0.2) is 8.42 Å². The van der Waals surface area contributed by atoms with Gasteiger partial charge in [-0.15, -0.1) is 0 Å². The first kappa shape index (κ1) is 9.95. The molecule has 1 aliphatic rings. The lowest BCUT2D eigenvalue weighted by molar-refractivity contribution is 0.352. The summed E-state index contributed by atoms with van der Waals surface area (Å²) in [5.74, 6) is 0.503. The molecule has 1 heterocycles. The first-order valence-corrected chi connectivity index (χ1v) is 5.95. The highest BCUT2D eigenvalue weighted by Gasteiger charge is 2.36. The molecule has 1 aliphatic heterocycles. The highest BCUT2D eigenvalue weighted by molar-refractivity contribution is 7.91. The predicted molar refractivity (Wildman–Crippen MR) is 48.7 cm³/mol. The molecule has 1 fully saturated rings. The van der Waals surface area contributed by atoms with Crippen molar-refractivity contribution in [2.45, 2.75) is 18.4 Å². The van der Waals surface area contributed by atoms with E-state index in [4.69, 9.17) is 5.73 Å². The van der Waals surface area contributed by atoms with Crippen molar-refractivity contribution in [2.24, 2.45) is 5.73 Å². The predicted octanol–water partition coefficient (Wildman–Crippen LogP) is -0.888. The van der Waals surface area contributed by atoms with Crippen LogP contribution in [0.15, 0.2) is 0 Å². The number of likely N-dealkylation sites (N-methyl/N-ethyl adjacent to an activating group) is 1. The molecule has 0 bridgehead atoms. The third kappa shape index (κ3) is 1.97. The smallest absolute Gasteiger partial charge is 0.152 e. The molecule has 0 spiro atoms. The van der Waals surface area contributed by atoms with E-state index in [0.717, 1.165) is 12.8 Å². The van der Waals surface area contributed by atoms with Gasteiger partial charge in [-0.2, -0.15) is 0 Å². The summed E-state index contributed by atoms with van der Waals surface area (Å²) >= 11 is 0. The molecule has 0 aliphatic carbocycles. The maximum absolute atomic E-state index is 11.3. The fourth-order valence-corrected chi connectivity index (χ4v) is 3.63. The Morgan fingerprint density at radius 3 is 2.58 bits per heavy atom. The third-order valence-electron chi connectivity index (χ3n) is 2.53. The van der Waals surface area contributed by atoms with Crippen LogP contribution in [0.5, 0.6) is 0 Å². The third-order valence-corrected chi connectivity index (χ3v) is 4.43. The molecule has 0 aromatic heterocycles. The number of rotatable bonds is 2. The SMILES string of the molecule is CNC1(CN)CCCS(=O)(=O)C1. The Balaban J connectivity index is 2.79. The Bertz CT molecular complexity index is 244. The van der Waals surface area contributed by atoms with Crippen molar-refractivity contribution in [3.8, 4) is 0 Å². The molecule has 12 heavy (non-hydrogen) atoms. The summed E-state index contributed by atoms with van der Waals surface area (Å²) in [6.45, 7) is 0.392. The van der Waals surface area contributed by atoms with Gasteiger partial charge in [0.2, 0.25) is 0 Å². The summed E-state index contributed by atoms with van der Waals surface area (Å²) < 4.78 is 22.6. The molecule has 0 amide bonds. The van der Waals surface area contributed by atoms with Gasteiger partial charge in [0.25, 0.3) is 0 Å². The van der Waals surface area contributed by atoms with Gasteiger partial charge in [0, 0.05) is 12.1 Å². The van der Waals surface area contributed by atoms with Crippen LogP contribution >= 0.6 is 0 Å². The van der Waals surface area contributed by atoms with Crippen molar-refractivity contribution in [1.82, 2.24) is 5.32 Å². The van der Waals surface area contributed by atoms with Crippen LogP contribution in [0.25, 0.3) is 0 Å². The van der Waals surface area contributed by atoms with Crippen molar-refractivity contribution in [3.63, 3.8) is 0 Å². The van der Waals surface area contributed by atoms with Gasteiger partial charge < -0.3 is 11.1 Å². The zero-order chi connectivity index (χ0) is 9.24. The van der Waals surface area contributed by atoms with Crippen LogP contribution in [0.2, 0.25) is 0 Å². The van der Waals surface area contributed by atoms with Crippen LogP contribution in [-0.2, 0) is 9.84 Å². The fraction of sp³-hybridized carbons (Fsp3) is 1.00. The highest BCUT2D eigenvalue weighted by atomic mass is 32.2. The number of sulfone groups is 1. The Kier molecular flexibility index (Phi) is 2.75. The molecule has 4 nitrogen and oxygen atoms in total. The molecule has 5 heteroatoms. The lowest BCUT2D eigenvalue weighted by Gasteiger charge is -2.35. The summed E-state index contributed by atoms with van der Waals surface area (Å²) in [6.07, 6.45) is 1.58. The van der Waals surface area contributed by atoms with E-state index < -0.39 is 9.84 Å². The molecule has 1 unspecified atom stereocenters. The van der Waals surface area contributed by atoms with E-state index in [1.807, 2.05) is 0 Å². The van der Waals surface area contributed by atoms with Crippen LogP contribution in [0.4, 0.5) is 0 Å². The topological polar surface area (TPSA) is 72.2 Å². The zero-order valence-corrected chi connectivity index (χ0v) is 8.15. The quantitative estimate of drug-likeness (QED) is 0.595. The van der Waals surface area contributed by atoms with Crippen LogP contribution in [0, 0.1) is 0 Å². The standard InChI is InChI=1S/C7H16N2O2S/c1-9-7(5-8)3-2-4-12(10,11)6-7/h9H,2-6,8H2,1H3. The fourth-order valence-electron chi connectivity index (χ4n) is 1.66. The van der Waals surface area contributed by atoms with Gasteiger partial charge in [0.1, 0.15) is 0 Å². The van der Waals surface area contributed by atoms with E-state index in [-0.39, 0.29) is 11.3 Å². The van der Waals surface area contributed by atoms with E-state index in [2.05, 4.69) is 5.32 Å². The number of nitrogens with one attached hydrogen (secondary N) is 1. The molecule has 0 aromatic carbocycles. The van der Waals surface area contributed by atoms with Crippen molar-refractivity contribution >= 4 is 9.84 Å². The maximum Gasteiger partial charge on any atom is 0.152 e. The molecule has 0 radical (unpaired) electrons. The van der Waals surface area contributed by atoms with E-state index in [1.54, 1.807) is 7.05 Å². The maximum atomic E-state index is 11.3. The second kappa shape index (κ2) is 3.32. The highest BCUT2D eigenvalue weighted by Crippen LogP contribution is 2.21. The molecule has 0 saturated carbocycles.